The molecule has 0 spiro atoms. The summed E-state index contributed by atoms with van der Waals surface area (Å²) < 4.78 is 269. The molecular weight excluding hydrogens is 2190 g/mol. The predicted octanol–water partition coefficient (Wildman–Crippen LogP) is 26.3. The van der Waals surface area contributed by atoms with Crippen molar-refractivity contribution in [3.8, 4) is 28.7 Å². The molecule has 3 aliphatic heterocycles. The third-order valence-electron chi connectivity index (χ3n) is 19.4. The Balaban J connectivity index is 0.000000193. The average Bonchev–Trinajstić information content (AvgIpc) is 1.72. The van der Waals surface area contributed by atoms with E-state index in [0.29, 0.717) is 59.6 Å². The van der Waals surface area contributed by atoms with Crippen molar-refractivity contribution in [1.82, 2.24) is 0 Å². The summed E-state index contributed by atoms with van der Waals surface area (Å²) in [7, 11) is 11.1. The SMILES string of the molecule is COC(=O)/C=C\c1cscc1NC(=O)Nc1cc(C(F)(F)F)ccc1OC.COC(=O)CC1c2csc(F)c2N=C(Cl)N1c1cc(C(F)(F)F)ccc1OC.COC(=O)CC1c2csc(F)c2NC(=O)N1c1cc(C(F)(F)F)ccc1OC.COC(=O)CC1c2cscc2NC(=O)N1c1cc(C(F)(F)F)ccc1OC.COc1ccc(C(F)(F)F)cc1NC(=O)Nc1cscc1Br.O=C(O)c1cscc1Br. The number of urea groups is 4. The van der Waals surface area contributed by atoms with Crippen LogP contribution in [0.15, 0.2) is 165 Å². The number of benzene rings is 5. The number of nitrogens with one attached hydrogen (secondary N) is 6. The van der Waals surface area contributed by atoms with Gasteiger partial charge in [-0.05, 0) is 146 Å². The Morgan fingerprint density at radius 3 is 1.21 bits per heavy atom. The van der Waals surface area contributed by atoms with Crippen molar-refractivity contribution >= 4 is 234 Å². The Morgan fingerprint density at radius 2 is 0.801 bits per heavy atom. The second kappa shape index (κ2) is 48.4. The minimum absolute atomic E-state index is 0.0165. The van der Waals surface area contributed by atoms with Crippen molar-refractivity contribution in [3.05, 3.63) is 226 Å². The van der Waals surface area contributed by atoms with Crippen LogP contribution < -0.4 is 70.3 Å². The highest BCUT2D eigenvalue weighted by Gasteiger charge is 2.45. The number of methoxy groups -OCH3 is 9. The number of aromatic carboxylic acids is 1. The van der Waals surface area contributed by atoms with Gasteiger partial charge in [0.15, 0.2) is 5.13 Å². The molecular formula is C86H70Br2ClF17N10O19S6. The highest BCUT2D eigenvalue weighted by molar-refractivity contribution is 9.11. The van der Waals surface area contributed by atoms with Gasteiger partial charge in [-0.2, -0.15) is 86.0 Å². The first-order chi connectivity index (χ1) is 66.4. The lowest BCUT2D eigenvalue weighted by atomic mass is 10.00. The van der Waals surface area contributed by atoms with E-state index in [1.807, 2.05) is 0 Å². The lowest BCUT2D eigenvalue weighted by molar-refractivity contribution is -0.141. The van der Waals surface area contributed by atoms with E-state index in [1.165, 1.54) is 130 Å². The quantitative estimate of drug-likeness (QED) is 0.0115. The number of anilines is 9. The number of aliphatic imine (C=N–C) groups is 1. The zero-order valence-corrected chi connectivity index (χ0v) is 81.9. The van der Waals surface area contributed by atoms with Crippen LogP contribution in [0.25, 0.3) is 6.08 Å². The highest BCUT2D eigenvalue weighted by atomic mass is 79.9. The van der Waals surface area contributed by atoms with Gasteiger partial charge < -0.3 is 84.5 Å². The predicted molar refractivity (Wildman–Crippen MR) is 501 cm³/mol. The van der Waals surface area contributed by atoms with Crippen molar-refractivity contribution in [2.45, 2.75) is 68.3 Å². The topological polar surface area (TPSA) is 351 Å². The third-order valence-corrected chi connectivity index (χ3v) is 26.2. The van der Waals surface area contributed by atoms with Crippen LogP contribution in [0.2, 0.25) is 0 Å². The van der Waals surface area contributed by atoms with E-state index in [1.54, 1.807) is 43.0 Å². The van der Waals surface area contributed by atoms with Crippen LogP contribution >= 0.6 is 111 Å². The Labute approximate surface area is 831 Å². The van der Waals surface area contributed by atoms with Crippen molar-refractivity contribution in [2.24, 2.45) is 4.99 Å². The zero-order chi connectivity index (χ0) is 104. The van der Waals surface area contributed by atoms with Gasteiger partial charge in [-0.25, -0.2) is 33.8 Å². The van der Waals surface area contributed by atoms with Gasteiger partial charge in [0.25, 0.3) is 0 Å². The number of amides is 8. The number of rotatable bonds is 21. The van der Waals surface area contributed by atoms with E-state index >= 15 is 0 Å². The fourth-order valence-corrected chi connectivity index (χ4v) is 19.0. The molecule has 3 unspecified atom stereocenters. The standard InChI is InChI=1S/C17H13ClF4N2O3S.C17H14F4N2O4S.2C17H15F3N2O4S.C13H10BrF3N2O2S.C5H3BrO2S/c1-26-12-4-3-8(17(20,21)22)5-11(12)24-10(6-13(25)27-2)9-7-28-15(19)14(9)23-16(24)18;1-26-12-4-3-8(17(19,20)21)5-11(12)23-10(6-13(24)27-2)9-7-28-15(18)14(9)22-16(23)25;1-25-14-4-3-9(17(18,19)20)5-13(14)22-12(6-15(23)26-2)10-7-27-8-11(10)21-16(22)24;1-25-14-5-4-11(17(18,19)20)7-12(14)21-16(24)22-13-9-27-8-10(13)3-6-15(23)26-2;1-21-11-3-2-7(13(15,16)17)4-9(11)18-12(20)19-10-6-22-5-8(10)14;6-4-2-9-1-3(4)5(7)8/h3-5,7,10H,6H2,1-2H3;3-5,7,10H,6H2,1-2H3,(H,22,25);3-5,7-8,12H,6H2,1-2H3,(H,21,24);3-9H,1-2H3,(H2,21,22,24);2-6H,1H3,(H2,18,19,20);1-2H,(H,7,8)/b;;;6-3-;;. The fourth-order valence-electron chi connectivity index (χ4n) is 12.8. The maximum atomic E-state index is 14.0. The summed E-state index contributed by atoms with van der Waals surface area (Å²) in [6.07, 6.45) is -21.2. The van der Waals surface area contributed by atoms with Crippen molar-refractivity contribution in [3.63, 3.8) is 0 Å². The monoisotopic (exact) mass is 2250 g/mol. The Morgan fingerprint density at radius 1 is 0.433 bits per heavy atom. The van der Waals surface area contributed by atoms with Gasteiger partial charge in [0.2, 0.25) is 10.4 Å². The molecule has 9 heterocycles. The van der Waals surface area contributed by atoms with Crippen LogP contribution in [0.3, 0.4) is 0 Å². The van der Waals surface area contributed by atoms with E-state index in [4.69, 9.17) is 45.1 Å². The molecule has 3 atom stereocenters. The lowest BCUT2D eigenvalue weighted by Crippen LogP contribution is -2.43. The summed E-state index contributed by atoms with van der Waals surface area (Å²) in [5.74, 6) is -3.06. The van der Waals surface area contributed by atoms with Gasteiger partial charge >= 0.3 is 84.9 Å². The number of nitrogens with zero attached hydrogens (tertiary/aromatic N) is 4. The smallest absolute Gasteiger partial charge is 0.416 e. The first-order valence-electron chi connectivity index (χ1n) is 38.8. The van der Waals surface area contributed by atoms with Crippen LogP contribution in [0.4, 0.5) is 151 Å². The van der Waals surface area contributed by atoms with Gasteiger partial charge in [0, 0.05) is 81.2 Å². The number of hydrogen-bond donors (Lipinski definition) is 7. The van der Waals surface area contributed by atoms with Crippen LogP contribution in [-0.2, 0) is 69.0 Å². The van der Waals surface area contributed by atoms with E-state index in [-0.39, 0.29) is 98.7 Å². The fraction of sp³-hybridized carbons (Fsp3) is 0.233. The zero-order valence-electron chi connectivity index (χ0n) is 73.0. The van der Waals surface area contributed by atoms with E-state index in [9.17, 15) is 118 Å². The number of halogens is 20. The number of alkyl halides is 15. The molecule has 141 heavy (non-hydrogen) atoms. The molecule has 0 radical (unpaired) electrons. The maximum Gasteiger partial charge on any atom is 0.416 e. The molecule has 754 valence electrons. The minimum Gasteiger partial charge on any atom is -0.495 e. The summed E-state index contributed by atoms with van der Waals surface area (Å²) in [6.45, 7) is 0. The summed E-state index contributed by atoms with van der Waals surface area (Å²) in [5.41, 5.74) is -1.90. The van der Waals surface area contributed by atoms with Crippen LogP contribution in [0.1, 0.15) is 97.8 Å². The summed E-state index contributed by atoms with van der Waals surface area (Å²) >= 11 is 19.3. The van der Waals surface area contributed by atoms with Crippen molar-refractivity contribution in [2.75, 3.05) is 111 Å². The average molecular weight is 2260 g/mol. The van der Waals surface area contributed by atoms with Crippen molar-refractivity contribution in [1.29, 1.82) is 0 Å². The highest BCUT2D eigenvalue weighted by Crippen LogP contribution is 2.52. The number of fused-ring (bicyclic) bond motifs is 3. The van der Waals surface area contributed by atoms with Gasteiger partial charge in [-0.15, -0.1) is 56.7 Å². The molecule has 0 aliphatic carbocycles. The number of carboxylic acids is 1. The van der Waals surface area contributed by atoms with Gasteiger partial charge in [0.05, 0.1) is 190 Å². The Kier molecular flexibility index (Phi) is 38.4. The minimum atomic E-state index is -4.66. The first kappa shape index (κ1) is 112. The number of amidine groups is 1. The van der Waals surface area contributed by atoms with E-state index < -0.39 is 141 Å². The molecule has 55 heteroatoms. The Bertz CT molecular complexity index is 6450. The molecule has 0 saturated carbocycles. The number of carboxylic acid groups (broad SMARTS) is 1. The molecule has 29 nitrogen and oxygen atoms in total. The Hall–Kier alpha value is -13.0. The van der Waals surface area contributed by atoms with Gasteiger partial charge in [0.1, 0.15) is 34.4 Å². The van der Waals surface area contributed by atoms with E-state index in [0.717, 1.165) is 119 Å². The van der Waals surface area contributed by atoms with Crippen LogP contribution in [0.5, 0.6) is 28.7 Å². The number of esters is 4. The number of hydrogen-bond acceptors (Lipinski definition) is 26. The second-order valence-corrected chi connectivity index (χ2v) is 34.6. The molecule has 14 rings (SSSR count). The molecule has 0 bridgehead atoms. The van der Waals surface area contributed by atoms with Crippen LogP contribution in [-0.4, -0.2) is 128 Å². The molecule has 11 aromatic rings. The number of ether oxygens (including phenoxy) is 9. The van der Waals surface area contributed by atoms with Crippen molar-refractivity contribution < 1.29 is 166 Å². The molecule has 8 amide bonds. The van der Waals surface area contributed by atoms with Gasteiger partial charge in [-0.1, -0.05) is 0 Å². The van der Waals surface area contributed by atoms with Gasteiger partial charge in [-0.3, -0.25) is 24.2 Å². The largest absolute Gasteiger partial charge is 0.495 e. The summed E-state index contributed by atoms with van der Waals surface area (Å²) in [6, 6.07) is 8.13. The number of thiophene rings is 6. The first-order valence-corrected chi connectivity index (χ1v) is 46.3. The number of carbonyl (C=O) groups excluding carboxylic acids is 8. The lowest BCUT2D eigenvalue weighted by Gasteiger charge is -2.36. The number of carbonyl (C=O) groups is 9. The molecule has 0 fully saturated rings. The maximum absolute atomic E-state index is 14.0. The van der Waals surface area contributed by atoms with E-state index in [2.05, 4.69) is 83.0 Å². The summed E-state index contributed by atoms with van der Waals surface area (Å²) in [5, 5.41) is 37.8. The second-order valence-electron chi connectivity index (χ2n) is 27.9. The molecule has 5 aromatic carbocycles. The normalized spacial score (nSPS) is 14.2. The molecule has 3 aliphatic rings. The van der Waals surface area contributed by atoms with Crippen LogP contribution in [0, 0.1) is 10.3 Å². The third kappa shape index (κ3) is 28.7. The molecule has 7 N–H and O–H groups in total. The summed E-state index contributed by atoms with van der Waals surface area (Å²) in [4.78, 5) is 114. The molecule has 6 aromatic heterocycles. The molecule has 0 saturated heterocycles.